The number of anilines is 2. The van der Waals surface area contributed by atoms with Crippen LogP contribution in [0.3, 0.4) is 0 Å². The first-order chi connectivity index (χ1) is 8.45. The molecule has 5 heteroatoms. The molecule has 1 aromatic heterocycles. The summed E-state index contributed by atoms with van der Waals surface area (Å²) in [5.41, 5.74) is 4.18. The molecule has 0 fully saturated rings. The summed E-state index contributed by atoms with van der Waals surface area (Å²) >= 11 is 9.33. The first-order valence-electron chi connectivity index (χ1n) is 5.50. The number of aryl methyl sites for hydroxylation is 3. The van der Waals surface area contributed by atoms with Gasteiger partial charge in [-0.15, -0.1) is 0 Å². The Labute approximate surface area is 120 Å². The Bertz CT molecular complexity index is 556. The maximum absolute atomic E-state index is 5.85. The first kappa shape index (κ1) is 13.3. The van der Waals surface area contributed by atoms with E-state index in [4.69, 9.17) is 11.6 Å². The Balaban J connectivity index is 2.40. The third-order valence-corrected chi connectivity index (χ3v) is 3.20. The number of nitrogens with zero attached hydrogens (tertiary/aromatic N) is 2. The highest BCUT2D eigenvalue weighted by atomic mass is 79.9. The van der Waals surface area contributed by atoms with Gasteiger partial charge in [-0.2, -0.15) is 0 Å². The SMILES string of the molecule is Cc1cc(Nc2c(C)cc(Br)cc2C)nc(Cl)n1. The van der Waals surface area contributed by atoms with Crippen LogP contribution in [0.4, 0.5) is 11.5 Å². The molecule has 2 aromatic rings. The zero-order valence-corrected chi connectivity index (χ0v) is 12.7. The van der Waals surface area contributed by atoms with Gasteiger partial charge >= 0.3 is 0 Å². The van der Waals surface area contributed by atoms with Crippen molar-refractivity contribution >= 4 is 39.0 Å². The van der Waals surface area contributed by atoms with Gasteiger partial charge in [0, 0.05) is 21.9 Å². The Morgan fingerprint density at radius 1 is 1.06 bits per heavy atom. The van der Waals surface area contributed by atoms with Gasteiger partial charge in [-0.3, -0.25) is 0 Å². The van der Waals surface area contributed by atoms with Crippen molar-refractivity contribution in [3.8, 4) is 0 Å². The topological polar surface area (TPSA) is 37.8 Å². The van der Waals surface area contributed by atoms with Crippen LogP contribution in [-0.2, 0) is 0 Å². The molecule has 0 aliphatic rings. The van der Waals surface area contributed by atoms with Crippen molar-refractivity contribution in [2.45, 2.75) is 20.8 Å². The molecule has 0 saturated heterocycles. The molecule has 0 bridgehead atoms. The fourth-order valence-electron chi connectivity index (χ4n) is 1.83. The molecule has 0 amide bonds. The van der Waals surface area contributed by atoms with E-state index in [0.717, 1.165) is 27.0 Å². The summed E-state index contributed by atoms with van der Waals surface area (Å²) < 4.78 is 1.07. The second-order valence-electron chi connectivity index (χ2n) is 4.20. The van der Waals surface area contributed by atoms with Gasteiger partial charge in [0.2, 0.25) is 5.28 Å². The van der Waals surface area contributed by atoms with Gasteiger partial charge in [0.05, 0.1) is 0 Å². The third-order valence-electron chi connectivity index (χ3n) is 2.58. The molecule has 0 aliphatic carbocycles. The molecule has 0 aliphatic heterocycles. The van der Waals surface area contributed by atoms with Gasteiger partial charge in [-0.1, -0.05) is 15.9 Å². The molecule has 18 heavy (non-hydrogen) atoms. The van der Waals surface area contributed by atoms with Crippen LogP contribution in [-0.4, -0.2) is 9.97 Å². The van der Waals surface area contributed by atoms with E-state index in [2.05, 4.69) is 57.2 Å². The predicted molar refractivity (Wildman–Crippen MR) is 78.7 cm³/mol. The average molecular weight is 327 g/mol. The van der Waals surface area contributed by atoms with Crippen LogP contribution in [0, 0.1) is 20.8 Å². The van der Waals surface area contributed by atoms with Crippen molar-refractivity contribution in [1.29, 1.82) is 0 Å². The molecule has 0 saturated carbocycles. The lowest BCUT2D eigenvalue weighted by molar-refractivity contribution is 1.10. The minimum Gasteiger partial charge on any atom is -0.340 e. The smallest absolute Gasteiger partial charge is 0.224 e. The lowest BCUT2D eigenvalue weighted by Crippen LogP contribution is -2.00. The van der Waals surface area contributed by atoms with Crippen molar-refractivity contribution in [1.82, 2.24) is 9.97 Å². The lowest BCUT2D eigenvalue weighted by Gasteiger charge is -2.13. The summed E-state index contributed by atoms with van der Waals surface area (Å²) in [5.74, 6) is 0.709. The van der Waals surface area contributed by atoms with Crippen LogP contribution in [0.5, 0.6) is 0 Å². The van der Waals surface area contributed by atoms with Gasteiger partial charge in [0.25, 0.3) is 0 Å². The molecule has 1 N–H and O–H groups in total. The van der Waals surface area contributed by atoms with E-state index in [9.17, 15) is 0 Å². The number of hydrogen-bond donors (Lipinski definition) is 1. The summed E-state index contributed by atoms with van der Waals surface area (Å²) in [7, 11) is 0. The van der Waals surface area contributed by atoms with Crippen LogP contribution in [0.2, 0.25) is 5.28 Å². The normalized spacial score (nSPS) is 10.5. The van der Waals surface area contributed by atoms with Gasteiger partial charge in [0.1, 0.15) is 5.82 Å². The Kier molecular flexibility index (Phi) is 3.88. The number of hydrogen-bond acceptors (Lipinski definition) is 3. The van der Waals surface area contributed by atoms with E-state index < -0.39 is 0 Å². The molecular weight excluding hydrogens is 314 g/mol. The zero-order valence-electron chi connectivity index (χ0n) is 10.4. The fraction of sp³-hybridized carbons (Fsp3) is 0.231. The molecule has 3 nitrogen and oxygen atoms in total. The second-order valence-corrected chi connectivity index (χ2v) is 5.46. The van der Waals surface area contributed by atoms with Crippen molar-refractivity contribution < 1.29 is 0 Å². The standard InChI is InChI=1S/C13H13BrClN3/c1-7-4-10(14)5-8(2)12(7)17-11-6-9(3)16-13(15)18-11/h4-6H,1-3H3,(H,16,17,18). The number of benzene rings is 1. The Morgan fingerprint density at radius 3 is 2.22 bits per heavy atom. The zero-order chi connectivity index (χ0) is 13.3. The average Bonchev–Trinajstić information content (AvgIpc) is 2.22. The summed E-state index contributed by atoms with van der Waals surface area (Å²) in [6, 6.07) is 5.99. The van der Waals surface area contributed by atoms with Crippen molar-refractivity contribution in [3.05, 3.63) is 44.8 Å². The van der Waals surface area contributed by atoms with Crippen LogP contribution in [0.1, 0.15) is 16.8 Å². The molecule has 0 radical (unpaired) electrons. The van der Waals surface area contributed by atoms with Gasteiger partial charge in [-0.05, 0) is 55.6 Å². The van der Waals surface area contributed by atoms with Crippen LogP contribution in [0.25, 0.3) is 0 Å². The molecule has 1 aromatic carbocycles. The van der Waals surface area contributed by atoms with Gasteiger partial charge in [-0.25, -0.2) is 9.97 Å². The molecule has 1 heterocycles. The Morgan fingerprint density at radius 2 is 1.67 bits per heavy atom. The maximum atomic E-state index is 5.85. The van der Waals surface area contributed by atoms with Gasteiger partial charge in [0.15, 0.2) is 0 Å². The van der Waals surface area contributed by atoms with Crippen molar-refractivity contribution in [3.63, 3.8) is 0 Å². The molecule has 0 unspecified atom stereocenters. The summed E-state index contributed by atoms with van der Waals surface area (Å²) in [4.78, 5) is 8.21. The van der Waals surface area contributed by atoms with E-state index in [-0.39, 0.29) is 5.28 Å². The van der Waals surface area contributed by atoms with E-state index in [1.165, 1.54) is 0 Å². The maximum Gasteiger partial charge on any atom is 0.224 e. The van der Waals surface area contributed by atoms with Gasteiger partial charge < -0.3 is 5.32 Å². The minimum atomic E-state index is 0.255. The molecular formula is C13H13BrClN3. The highest BCUT2D eigenvalue weighted by Gasteiger charge is 2.06. The van der Waals surface area contributed by atoms with Crippen molar-refractivity contribution in [2.75, 3.05) is 5.32 Å². The van der Waals surface area contributed by atoms with E-state index in [0.29, 0.717) is 5.82 Å². The fourth-order valence-corrected chi connectivity index (χ4v) is 2.74. The highest BCUT2D eigenvalue weighted by Crippen LogP contribution is 2.27. The minimum absolute atomic E-state index is 0.255. The first-order valence-corrected chi connectivity index (χ1v) is 6.68. The second kappa shape index (κ2) is 5.24. The van der Waals surface area contributed by atoms with E-state index >= 15 is 0 Å². The number of rotatable bonds is 2. The third kappa shape index (κ3) is 3.00. The number of halogens is 2. The van der Waals surface area contributed by atoms with Crippen molar-refractivity contribution in [2.24, 2.45) is 0 Å². The predicted octanol–water partition coefficient (Wildman–Crippen LogP) is 4.56. The van der Waals surface area contributed by atoms with E-state index in [1.54, 1.807) is 0 Å². The highest BCUT2D eigenvalue weighted by molar-refractivity contribution is 9.10. The molecule has 2 rings (SSSR count). The molecule has 0 atom stereocenters. The monoisotopic (exact) mass is 325 g/mol. The summed E-state index contributed by atoms with van der Waals surface area (Å²) in [5, 5.41) is 3.55. The number of aromatic nitrogens is 2. The summed E-state index contributed by atoms with van der Waals surface area (Å²) in [6.07, 6.45) is 0. The number of nitrogens with one attached hydrogen (secondary N) is 1. The van der Waals surface area contributed by atoms with E-state index in [1.807, 2.05) is 13.0 Å². The molecule has 94 valence electrons. The quantitative estimate of drug-likeness (QED) is 0.822. The molecule has 0 spiro atoms. The Hall–Kier alpha value is -1.13. The largest absolute Gasteiger partial charge is 0.340 e. The van der Waals surface area contributed by atoms with Crippen LogP contribution in [0.15, 0.2) is 22.7 Å². The summed E-state index contributed by atoms with van der Waals surface area (Å²) in [6.45, 7) is 5.99. The lowest BCUT2D eigenvalue weighted by atomic mass is 10.1. The van der Waals surface area contributed by atoms with Crippen LogP contribution < -0.4 is 5.32 Å². The van der Waals surface area contributed by atoms with Crippen LogP contribution >= 0.6 is 27.5 Å².